The van der Waals surface area contributed by atoms with Crippen LogP contribution >= 0.6 is 21.6 Å². The third-order valence-electron chi connectivity index (χ3n) is 10.7. The van der Waals surface area contributed by atoms with Crippen LogP contribution in [-0.2, 0) is 60.9 Å². The fraction of sp³-hybridized carbons (Fsp3) is 0.463. The van der Waals surface area contributed by atoms with Crippen LogP contribution in [0.25, 0.3) is 0 Å². The monoisotopic (exact) mass is 1020 g/mol. The van der Waals surface area contributed by atoms with Crippen LogP contribution in [0.5, 0.6) is 5.75 Å². The molecule has 2 saturated heterocycles. The van der Waals surface area contributed by atoms with Crippen LogP contribution in [0.15, 0.2) is 42.5 Å². The lowest BCUT2D eigenvalue weighted by molar-refractivity contribution is -0.385. The number of amides is 9. The van der Waals surface area contributed by atoms with E-state index in [1.807, 2.05) is 31.1 Å². The number of hydrogen-bond donors (Lipinski definition) is 12. The van der Waals surface area contributed by atoms with Gasteiger partial charge in [-0.05, 0) is 29.3 Å². The molecule has 27 nitrogen and oxygen atoms in total. The molecule has 380 valence electrons. The minimum atomic E-state index is -1.77. The van der Waals surface area contributed by atoms with Crippen LogP contribution in [0, 0.1) is 10.1 Å². The van der Waals surface area contributed by atoms with Crippen molar-refractivity contribution in [3.05, 3.63) is 63.7 Å². The van der Waals surface area contributed by atoms with E-state index in [2.05, 4.69) is 37.2 Å². The minimum absolute atomic E-state index is 0.0330. The molecule has 2 aromatic rings. The van der Waals surface area contributed by atoms with Gasteiger partial charge in [-0.15, -0.1) is 0 Å². The number of hydrogen-bond acceptors (Lipinski definition) is 18. The second-order valence-corrected chi connectivity index (χ2v) is 18.8. The lowest BCUT2D eigenvalue weighted by Crippen LogP contribution is -2.58. The number of carboxylic acid groups (broad SMARTS) is 1. The average Bonchev–Trinajstić information content (AvgIpc) is 3.69. The number of phenolic OH excluding ortho intramolecular Hbond substituents is 1. The molecule has 2 aromatic carbocycles. The van der Waals surface area contributed by atoms with Gasteiger partial charge in [-0.2, -0.15) is 0 Å². The number of primary amides is 2. The average molecular weight is 1020 g/mol. The van der Waals surface area contributed by atoms with Crippen molar-refractivity contribution in [3.8, 4) is 5.75 Å². The minimum Gasteiger partial charge on any atom is -0.502 e. The smallest absolute Gasteiger partial charge is 0.310 e. The maximum atomic E-state index is 13.9. The molecule has 0 saturated carbocycles. The molecular weight excluding hydrogens is 965 g/mol. The highest BCUT2D eigenvalue weighted by atomic mass is 33.1. The molecule has 9 amide bonds. The van der Waals surface area contributed by atoms with E-state index >= 15 is 0 Å². The second kappa shape index (κ2) is 25.9. The molecule has 0 radical (unpaired) electrons. The molecule has 0 unspecified atom stereocenters. The van der Waals surface area contributed by atoms with Gasteiger partial charge in [0, 0.05) is 63.3 Å². The number of nitro groups is 1. The lowest BCUT2D eigenvalue weighted by atomic mass is 10.0. The summed E-state index contributed by atoms with van der Waals surface area (Å²) in [7, 11) is 5.66. The number of carbonyl (C=O) groups excluding carboxylic acids is 9. The molecule has 2 fully saturated rings. The molecule has 14 N–H and O–H groups in total. The van der Waals surface area contributed by atoms with Crippen LogP contribution in [-0.4, -0.2) is 172 Å². The van der Waals surface area contributed by atoms with Crippen molar-refractivity contribution in [2.45, 2.75) is 74.6 Å². The Hall–Kier alpha value is -7.24. The molecule has 2 aliphatic rings. The highest BCUT2D eigenvalue weighted by Crippen LogP contribution is 2.27. The highest BCUT2D eigenvalue weighted by molar-refractivity contribution is 8.76. The Morgan fingerprint density at radius 3 is 2.06 bits per heavy atom. The summed E-state index contributed by atoms with van der Waals surface area (Å²) in [5, 5.41) is 58.7. The fourth-order valence-electron chi connectivity index (χ4n) is 6.96. The first-order valence-electron chi connectivity index (χ1n) is 21.3. The molecule has 4 rings (SSSR count). The quantitative estimate of drug-likeness (QED) is 0.0541. The third-order valence-corrected chi connectivity index (χ3v) is 13.1. The first kappa shape index (κ1) is 55.4. The first-order chi connectivity index (χ1) is 33.0. The van der Waals surface area contributed by atoms with E-state index < -0.39 is 157 Å². The van der Waals surface area contributed by atoms with Gasteiger partial charge in [-0.3, -0.25) is 58.1 Å². The zero-order chi connectivity index (χ0) is 51.8. The number of aliphatic carboxylic acids is 1. The summed E-state index contributed by atoms with van der Waals surface area (Å²) in [6.07, 6.45) is -3.88. The molecular formula is C41H54N12O15S2. The number of fused-ring (bicyclic) bond motifs is 1. The molecule has 2 aliphatic heterocycles. The van der Waals surface area contributed by atoms with Crippen LogP contribution in [0.4, 0.5) is 11.4 Å². The number of rotatable bonds is 12. The predicted octanol–water partition coefficient (Wildman–Crippen LogP) is -4.57. The summed E-state index contributed by atoms with van der Waals surface area (Å²) in [6, 6.07) is 1.12. The number of nitrogens with two attached hydrogens (primary N) is 2. The van der Waals surface area contributed by atoms with Gasteiger partial charge in [0.25, 0.3) is 0 Å². The number of phenols is 1. The maximum absolute atomic E-state index is 13.9. The predicted molar refractivity (Wildman–Crippen MR) is 250 cm³/mol. The van der Waals surface area contributed by atoms with Gasteiger partial charge in [-0.1, -0.05) is 39.8 Å². The van der Waals surface area contributed by atoms with Crippen molar-refractivity contribution in [1.82, 2.24) is 42.1 Å². The Kier molecular flexibility index (Phi) is 20.5. The number of aromatic hydroxyl groups is 1. The number of nitro benzene ring substituents is 1. The molecule has 7 atom stereocenters. The highest BCUT2D eigenvalue weighted by Gasteiger charge is 2.41. The molecule has 70 heavy (non-hydrogen) atoms. The molecule has 0 bridgehead atoms. The SMILES string of the molecule is CN(C)c1ccc(CN[C@@H]2CSSC[C@H](C(N)=O)NC(=O)[C@H](CC(N)=O)NC(=O)[C@@H]3C[C@@H](O)CN3C(=O)CNC(=O)[C@H](Cc3ccc(O)c([N+](=O)[O-])c3)NC(=O)CNC(=O)[C@@H](CC(=O)O)NC2=O)cc1. The van der Waals surface area contributed by atoms with Crippen LogP contribution < -0.4 is 53.6 Å². The van der Waals surface area contributed by atoms with Crippen LogP contribution in [0.3, 0.4) is 0 Å². The first-order valence-corrected chi connectivity index (χ1v) is 23.7. The number of anilines is 1. The molecule has 0 spiro atoms. The Balaban J connectivity index is 1.68. The summed E-state index contributed by atoms with van der Waals surface area (Å²) >= 11 is 0. The van der Waals surface area contributed by atoms with Gasteiger partial charge in [0.05, 0.1) is 43.0 Å². The van der Waals surface area contributed by atoms with E-state index in [1.165, 1.54) is 6.07 Å². The number of nitrogens with one attached hydrogen (secondary N) is 7. The number of benzene rings is 2. The van der Waals surface area contributed by atoms with E-state index in [1.54, 1.807) is 12.1 Å². The van der Waals surface area contributed by atoms with Crippen molar-refractivity contribution < 1.29 is 68.2 Å². The lowest BCUT2D eigenvalue weighted by Gasteiger charge is -2.27. The molecule has 2 heterocycles. The third kappa shape index (κ3) is 16.8. The molecule has 29 heteroatoms. The van der Waals surface area contributed by atoms with Crippen molar-refractivity contribution in [1.29, 1.82) is 0 Å². The van der Waals surface area contributed by atoms with E-state index in [0.29, 0.717) is 0 Å². The number of aliphatic hydroxyl groups excluding tert-OH is 1. The van der Waals surface area contributed by atoms with Gasteiger partial charge in [0.15, 0.2) is 5.75 Å². The van der Waals surface area contributed by atoms with E-state index in [9.17, 15) is 73.4 Å². The second-order valence-electron chi connectivity index (χ2n) is 16.2. The normalized spacial score (nSPS) is 23.8. The van der Waals surface area contributed by atoms with Crippen molar-refractivity contribution in [2.75, 3.05) is 50.1 Å². The Morgan fingerprint density at radius 1 is 0.814 bits per heavy atom. The van der Waals surface area contributed by atoms with Gasteiger partial charge >= 0.3 is 11.7 Å². The zero-order valence-corrected chi connectivity index (χ0v) is 39.3. The Bertz CT molecular complexity index is 2330. The summed E-state index contributed by atoms with van der Waals surface area (Å²) in [5.74, 6) is -11.8. The van der Waals surface area contributed by atoms with Gasteiger partial charge in [0.1, 0.15) is 30.2 Å². The van der Waals surface area contributed by atoms with Crippen LogP contribution in [0.1, 0.15) is 30.4 Å². The number of carbonyl (C=O) groups is 10. The van der Waals surface area contributed by atoms with Crippen molar-refractivity contribution >= 4 is 92.1 Å². The van der Waals surface area contributed by atoms with Crippen molar-refractivity contribution in [3.63, 3.8) is 0 Å². The Morgan fingerprint density at radius 2 is 1.43 bits per heavy atom. The van der Waals surface area contributed by atoms with Gasteiger partial charge < -0.3 is 73.8 Å². The number of aliphatic hydroxyl groups is 1. The largest absolute Gasteiger partial charge is 0.502 e. The standard InChI is InChI=1S/C41H54N12O15S2/c1-51(2)22-6-3-20(4-7-22)14-44-28-19-70-69-18-27(36(43)61)50-39(64)25(12-32(42)56)49-41(66)30-11-23(54)17-52(30)34(58)16-46-37(62)24(9-21-5-8-31(55)29(10-21)53(67)68)47-33(57)15-45-38(63)26(13-35(59)60)48-40(28)65/h3-8,10,23-28,30,44,54-55H,9,11-19H2,1-2H3,(H2,42,56)(H2,43,61)(H,45,63)(H,46,62)(H,47,57)(H,48,65)(H,49,66)(H,50,64)(H,59,60)/t23-,24+,25+,26-,27-,28-,30+/m1/s1. The summed E-state index contributed by atoms with van der Waals surface area (Å²) in [5.41, 5.74) is 11.9. The van der Waals surface area contributed by atoms with Gasteiger partial charge in [0.2, 0.25) is 53.2 Å². The van der Waals surface area contributed by atoms with E-state index in [-0.39, 0.29) is 30.0 Å². The van der Waals surface area contributed by atoms with E-state index in [4.69, 9.17) is 11.5 Å². The summed E-state index contributed by atoms with van der Waals surface area (Å²) < 4.78 is 0. The fourth-order valence-corrected chi connectivity index (χ4v) is 9.34. The van der Waals surface area contributed by atoms with Crippen molar-refractivity contribution in [2.24, 2.45) is 11.5 Å². The topological polar surface area (TPSA) is 417 Å². The zero-order valence-electron chi connectivity index (χ0n) is 37.7. The summed E-state index contributed by atoms with van der Waals surface area (Å²) in [6.45, 7) is -2.11. The molecule has 0 aromatic heterocycles. The number of nitrogens with zero attached hydrogens (tertiary/aromatic N) is 3. The Labute approximate surface area is 406 Å². The maximum Gasteiger partial charge on any atom is 0.310 e. The summed E-state index contributed by atoms with van der Waals surface area (Å²) in [4.78, 5) is 145. The number of carboxylic acids is 1. The van der Waals surface area contributed by atoms with Crippen LogP contribution in [0.2, 0.25) is 0 Å². The molecule has 0 aliphatic carbocycles. The van der Waals surface area contributed by atoms with E-state index in [0.717, 1.165) is 49.9 Å². The van der Waals surface area contributed by atoms with Gasteiger partial charge in [-0.25, -0.2) is 0 Å².